The molecule has 2 fully saturated rings. The van der Waals surface area contributed by atoms with Gasteiger partial charge in [0.2, 0.25) is 0 Å². The Morgan fingerprint density at radius 1 is 1.19 bits per heavy atom. The molecule has 2 rings (SSSR count). The van der Waals surface area contributed by atoms with E-state index < -0.39 is 5.97 Å². The van der Waals surface area contributed by atoms with Gasteiger partial charge in [0.15, 0.2) is 0 Å². The minimum absolute atomic E-state index is 0.327. The molecule has 0 bridgehead atoms. The quantitative estimate of drug-likeness (QED) is 0.781. The molecule has 0 radical (unpaired) electrons. The lowest BCUT2D eigenvalue weighted by molar-refractivity contribution is -0.137. The third kappa shape index (κ3) is 2.97. The van der Waals surface area contributed by atoms with Crippen LogP contribution in [-0.2, 0) is 4.79 Å². The first-order valence-electron chi connectivity index (χ1n) is 6.73. The van der Waals surface area contributed by atoms with Crippen LogP contribution in [0.4, 0.5) is 0 Å². The summed E-state index contributed by atoms with van der Waals surface area (Å²) in [7, 11) is 0. The average Bonchev–Trinajstić information content (AvgIpc) is 2.84. The van der Waals surface area contributed by atoms with Gasteiger partial charge in [-0.1, -0.05) is 12.8 Å². The topological polar surface area (TPSA) is 40.5 Å². The molecule has 0 aromatic rings. The highest BCUT2D eigenvalue weighted by Crippen LogP contribution is 2.35. The van der Waals surface area contributed by atoms with E-state index in [-0.39, 0.29) is 0 Å². The maximum atomic E-state index is 10.5. The highest BCUT2D eigenvalue weighted by Gasteiger charge is 2.32. The summed E-state index contributed by atoms with van der Waals surface area (Å²) in [6.45, 7) is 2.19. The Kier molecular flexibility index (Phi) is 4.22. The molecule has 1 aliphatic carbocycles. The molecule has 1 unspecified atom stereocenters. The van der Waals surface area contributed by atoms with Gasteiger partial charge in [-0.2, -0.15) is 0 Å². The maximum absolute atomic E-state index is 10.5. The van der Waals surface area contributed by atoms with Gasteiger partial charge in [0.25, 0.3) is 0 Å². The number of carboxylic acid groups (broad SMARTS) is 1. The molecule has 1 N–H and O–H groups in total. The first-order valence-corrected chi connectivity index (χ1v) is 6.73. The van der Waals surface area contributed by atoms with Gasteiger partial charge in [-0.05, 0) is 51.1 Å². The summed E-state index contributed by atoms with van der Waals surface area (Å²) in [4.78, 5) is 13.0. The lowest BCUT2D eigenvalue weighted by Crippen LogP contribution is -2.35. The summed E-state index contributed by atoms with van der Waals surface area (Å²) in [5, 5.41) is 8.65. The standard InChI is InChI=1S/C13H23NO2/c15-13(16)8-4-10-14-9-3-7-12(14)11-5-1-2-6-11/h11-12H,1-10H2,(H,15,16). The van der Waals surface area contributed by atoms with E-state index in [1.54, 1.807) is 0 Å². The van der Waals surface area contributed by atoms with Crippen LogP contribution >= 0.6 is 0 Å². The third-order valence-electron chi connectivity index (χ3n) is 4.19. The summed E-state index contributed by atoms with van der Waals surface area (Å²) >= 11 is 0. The third-order valence-corrected chi connectivity index (χ3v) is 4.19. The van der Waals surface area contributed by atoms with E-state index in [0.717, 1.165) is 24.9 Å². The van der Waals surface area contributed by atoms with Crippen molar-refractivity contribution in [2.75, 3.05) is 13.1 Å². The number of hydrogen-bond acceptors (Lipinski definition) is 2. The predicted octanol–water partition coefficient (Wildman–Crippen LogP) is 2.51. The molecule has 3 nitrogen and oxygen atoms in total. The van der Waals surface area contributed by atoms with Crippen molar-refractivity contribution < 1.29 is 9.90 Å². The van der Waals surface area contributed by atoms with Gasteiger partial charge in [0.1, 0.15) is 0 Å². The Morgan fingerprint density at radius 2 is 1.94 bits per heavy atom. The van der Waals surface area contributed by atoms with Crippen LogP contribution in [0.25, 0.3) is 0 Å². The molecule has 1 saturated carbocycles. The molecule has 92 valence electrons. The fourth-order valence-electron chi connectivity index (χ4n) is 3.44. The van der Waals surface area contributed by atoms with E-state index in [4.69, 9.17) is 5.11 Å². The SMILES string of the molecule is O=C(O)CCCN1CCCC1C1CCCC1. The highest BCUT2D eigenvalue weighted by molar-refractivity contribution is 5.66. The molecular weight excluding hydrogens is 202 g/mol. The molecule has 0 aromatic heterocycles. The Labute approximate surface area is 97.8 Å². The van der Waals surface area contributed by atoms with Crippen LogP contribution in [0, 0.1) is 5.92 Å². The van der Waals surface area contributed by atoms with Crippen LogP contribution in [-0.4, -0.2) is 35.1 Å². The van der Waals surface area contributed by atoms with E-state index in [0.29, 0.717) is 6.42 Å². The highest BCUT2D eigenvalue weighted by atomic mass is 16.4. The second kappa shape index (κ2) is 5.67. The fraction of sp³-hybridized carbons (Fsp3) is 0.923. The largest absolute Gasteiger partial charge is 0.481 e. The van der Waals surface area contributed by atoms with Crippen LogP contribution in [0.5, 0.6) is 0 Å². The van der Waals surface area contributed by atoms with Gasteiger partial charge in [-0.15, -0.1) is 0 Å². The van der Waals surface area contributed by atoms with Crippen molar-refractivity contribution in [3.8, 4) is 0 Å². The smallest absolute Gasteiger partial charge is 0.303 e. The minimum Gasteiger partial charge on any atom is -0.481 e. The Balaban J connectivity index is 1.76. The molecule has 0 aromatic carbocycles. The first-order chi connectivity index (χ1) is 7.77. The number of aliphatic carboxylic acids is 1. The van der Waals surface area contributed by atoms with Crippen molar-refractivity contribution in [2.24, 2.45) is 5.92 Å². The van der Waals surface area contributed by atoms with Gasteiger partial charge in [0.05, 0.1) is 0 Å². The number of rotatable bonds is 5. The number of carboxylic acids is 1. The van der Waals surface area contributed by atoms with Gasteiger partial charge in [-0.25, -0.2) is 0 Å². The van der Waals surface area contributed by atoms with Gasteiger partial charge in [0, 0.05) is 12.5 Å². The van der Waals surface area contributed by atoms with Crippen molar-refractivity contribution in [1.29, 1.82) is 0 Å². The number of nitrogens with zero attached hydrogens (tertiary/aromatic N) is 1. The molecule has 16 heavy (non-hydrogen) atoms. The van der Waals surface area contributed by atoms with Crippen molar-refractivity contribution in [2.45, 2.75) is 57.4 Å². The summed E-state index contributed by atoms with van der Waals surface area (Å²) in [5.74, 6) is 0.254. The lowest BCUT2D eigenvalue weighted by atomic mass is 9.96. The van der Waals surface area contributed by atoms with E-state index in [2.05, 4.69) is 4.90 Å². The summed E-state index contributed by atoms with van der Waals surface area (Å²) < 4.78 is 0. The molecule has 0 amide bonds. The average molecular weight is 225 g/mol. The molecule has 1 saturated heterocycles. The Bertz CT molecular complexity index is 236. The Hall–Kier alpha value is -0.570. The van der Waals surface area contributed by atoms with Crippen molar-refractivity contribution >= 4 is 5.97 Å². The van der Waals surface area contributed by atoms with Crippen LogP contribution < -0.4 is 0 Å². The van der Waals surface area contributed by atoms with Crippen molar-refractivity contribution in [3.05, 3.63) is 0 Å². The molecule has 3 heteroatoms. The zero-order chi connectivity index (χ0) is 11.4. The fourth-order valence-corrected chi connectivity index (χ4v) is 3.44. The zero-order valence-electron chi connectivity index (χ0n) is 10.0. The van der Waals surface area contributed by atoms with Crippen LogP contribution in [0.3, 0.4) is 0 Å². The summed E-state index contributed by atoms with van der Waals surface area (Å²) in [5.41, 5.74) is 0. The van der Waals surface area contributed by atoms with E-state index in [1.165, 1.54) is 45.1 Å². The van der Waals surface area contributed by atoms with Gasteiger partial charge in [-0.3, -0.25) is 4.79 Å². The van der Waals surface area contributed by atoms with Crippen LogP contribution in [0.15, 0.2) is 0 Å². The van der Waals surface area contributed by atoms with Crippen LogP contribution in [0.2, 0.25) is 0 Å². The number of carbonyl (C=O) groups is 1. The monoisotopic (exact) mass is 225 g/mol. The maximum Gasteiger partial charge on any atom is 0.303 e. The van der Waals surface area contributed by atoms with E-state index >= 15 is 0 Å². The molecule has 2 aliphatic rings. The zero-order valence-corrected chi connectivity index (χ0v) is 10.0. The first kappa shape index (κ1) is 11.9. The molecule has 1 atom stereocenters. The Morgan fingerprint density at radius 3 is 2.62 bits per heavy atom. The predicted molar refractivity (Wildman–Crippen MR) is 63.4 cm³/mol. The summed E-state index contributed by atoms with van der Waals surface area (Å²) in [6, 6.07) is 0.774. The van der Waals surface area contributed by atoms with Gasteiger partial charge >= 0.3 is 5.97 Å². The van der Waals surface area contributed by atoms with Crippen molar-refractivity contribution in [1.82, 2.24) is 4.90 Å². The molecular formula is C13H23NO2. The van der Waals surface area contributed by atoms with Crippen molar-refractivity contribution in [3.63, 3.8) is 0 Å². The van der Waals surface area contributed by atoms with Gasteiger partial charge < -0.3 is 10.0 Å². The number of hydrogen-bond donors (Lipinski definition) is 1. The van der Waals surface area contributed by atoms with Crippen LogP contribution in [0.1, 0.15) is 51.4 Å². The van der Waals surface area contributed by atoms with E-state index in [1.807, 2.05) is 0 Å². The minimum atomic E-state index is -0.656. The molecule has 0 spiro atoms. The second-order valence-corrected chi connectivity index (χ2v) is 5.29. The number of likely N-dealkylation sites (tertiary alicyclic amines) is 1. The lowest BCUT2D eigenvalue weighted by Gasteiger charge is -2.29. The normalized spacial score (nSPS) is 27.6. The second-order valence-electron chi connectivity index (χ2n) is 5.29. The molecule has 1 heterocycles. The van der Waals surface area contributed by atoms with E-state index in [9.17, 15) is 4.79 Å². The summed E-state index contributed by atoms with van der Waals surface area (Å²) in [6.07, 6.45) is 9.42. The molecule has 1 aliphatic heterocycles.